The van der Waals surface area contributed by atoms with E-state index in [0.29, 0.717) is 5.02 Å². The van der Waals surface area contributed by atoms with E-state index in [0.717, 1.165) is 10.2 Å². The third-order valence-corrected chi connectivity index (χ3v) is 3.19. The molecule has 0 aliphatic carbocycles. The maximum atomic E-state index is 10.7. The van der Waals surface area contributed by atoms with E-state index in [2.05, 4.69) is 21.0 Å². The average Bonchev–Trinajstić information content (AvgIpc) is 2.71. The predicted molar refractivity (Wildman–Crippen MR) is 63.2 cm³/mol. The normalized spacial score (nSPS) is 10.4. The van der Waals surface area contributed by atoms with Crippen molar-refractivity contribution in [1.82, 2.24) is 9.78 Å². The third-order valence-electron chi connectivity index (χ3n) is 1.98. The van der Waals surface area contributed by atoms with Crippen LogP contribution in [0.25, 0.3) is 5.69 Å². The number of halogens is 2. The molecule has 0 amide bonds. The maximum Gasteiger partial charge on any atom is 0.356 e. The van der Waals surface area contributed by atoms with Gasteiger partial charge >= 0.3 is 5.97 Å². The van der Waals surface area contributed by atoms with E-state index in [-0.39, 0.29) is 5.69 Å². The number of carboxylic acid groups (broad SMARTS) is 1. The molecule has 0 fully saturated rings. The van der Waals surface area contributed by atoms with Gasteiger partial charge in [0, 0.05) is 10.7 Å². The molecule has 82 valence electrons. The number of nitrogens with zero attached hydrogens (tertiary/aromatic N) is 2. The minimum atomic E-state index is -1.05. The maximum absolute atomic E-state index is 10.7. The highest BCUT2D eigenvalue weighted by molar-refractivity contribution is 9.10. The molecule has 1 N–H and O–H groups in total. The SMILES string of the molecule is O=C(O)c1ccn(-c2ccc(Cl)c(Br)c2)n1. The summed E-state index contributed by atoms with van der Waals surface area (Å²) >= 11 is 9.14. The van der Waals surface area contributed by atoms with Gasteiger partial charge in [-0.2, -0.15) is 5.10 Å². The van der Waals surface area contributed by atoms with Crippen LogP contribution in [0.1, 0.15) is 10.5 Å². The minimum Gasteiger partial charge on any atom is -0.476 e. The molecule has 0 bridgehead atoms. The van der Waals surface area contributed by atoms with Crippen molar-refractivity contribution in [2.75, 3.05) is 0 Å². The molecule has 0 aliphatic heterocycles. The first kappa shape index (κ1) is 11.2. The summed E-state index contributed by atoms with van der Waals surface area (Å²) < 4.78 is 2.21. The van der Waals surface area contributed by atoms with Crippen molar-refractivity contribution in [2.24, 2.45) is 0 Å². The van der Waals surface area contributed by atoms with Crippen LogP contribution in [0.3, 0.4) is 0 Å². The second-order valence-electron chi connectivity index (χ2n) is 3.05. The highest BCUT2D eigenvalue weighted by Crippen LogP contribution is 2.24. The van der Waals surface area contributed by atoms with Crippen molar-refractivity contribution < 1.29 is 9.90 Å². The van der Waals surface area contributed by atoms with Crippen LogP contribution in [0.4, 0.5) is 0 Å². The molecule has 6 heteroatoms. The first-order chi connectivity index (χ1) is 7.58. The van der Waals surface area contributed by atoms with E-state index in [9.17, 15) is 4.79 Å². The van der Waals surface area contributed by atoms with Gasteiger partial charge in [0.25, 0.3) is 0 Å². The van der Waals surface area contributed by atoms with Crippen molar-refractivity contribution in [3.05, 3.63) is 45.7 Å². The van der Waals surface area contributed by atoms with Gasteiger partial charge in [-0.05, 0) is 40.2 Å². The van der Waals surface area contributed by atoms with E-state index in [4.69, 9.17) is 16.7 Å². The first-order valence-corrected chi connectivity index (χ1v) is 5.49. The molecular formula is C10H6BrClN2O2. The molecule has 0 saturated carbocycles. The fraction of sp³-hybridized carbons (Fsp3) is 0. The number of hydrogen-bond donors (Lipinski definition) is 1. The molecule has 2 rings (SSSR count). The molecule has 0 atom stereocenters. The van der Waals surface area contributed by atoms with Crippen LogP contribution in [0.5, 0.6) is 0 Å². The van der Waals surface area contributed by atoms with Gasteiger partial charge in [-0.15, -0.1) is 0 Å². The van der Waals surface area contributed by atoms with E-state index >= 15 is 0 Å². The van der Waals surface area contributed by atoms with Crippen molar-refractivity contribution in [3.63, 3.8) is 0 Å². The number of aromatic nitrogens is 2. The molecule has 4 nitrogen and oxygen atoms in total. The van der Waals surface area contributed by atoms with Crippen LogP contribution in [0, 0.1) is 0 Å². The number of carboxylic acids is 1. The molecule has 2 aromatic rings. The summed E-state index contributed by atoms with van der Waals surface area (Å²) in [6.07, 6.45) is 1.58. The fourth-order valence-corrected chi connectivity index (χ4v) is 1.69. The van der Waals surface area contributed by atoms with Crippen LogP contribution in [0.2, 0.25) is 5.02 Å². The first-order valence-electron chi connectivity index (χ1n) is 4.32. The Morgan fingerprint density at radius 2 is 2.19 bits per heavy atom. The van der Waals surface area contributed by atoms with Crippen LogP contribution >= 0.6 is 27.5 Å². The van der Waals surface area contributed by atoms with Gasteiger partial charge in [-0.3, -0.25) is 0 Å². The molecule has 1 aromatic carbocycles. The molecular weight excluding hydrogens is 295 g/mol. The van der Waals surface area contributed by atoms with Gasteiger partial charge in [0.1, 0.15) is 0 Å². The Kier molecular flexibility index (Phi) is 2.98. The van der Waals surface area contributed by atoms with Crippen LogP contribution in [-0.4, -0.2) is 20.9 Å². The fourth-order valence-electron chi connectivity index (χ4n) is 1.21. The van der Waals surface area contributed by atoms with Gasteiger partial charge in [-0.1, -0.05) is 11.6 Å². The van der Waals surface area contributed by atoms with Crippen LogP contribution < -0.4 is 0 Å². The van der Waals surface area contributed by atoms with Crippen molar-refractivity contribution >= 4 is 33.5 Å². The highest BCUT2D eigenvalue weighted by atomic mass is 79.9. The summed E-state index contributed by atoms with van der Waals surface area (Å²) in [5.74, 6) is -1.05. The minimum absolute atomic E-state index is 0.00562. The number of hydrogen-bond acceptors (Lipinski definition) is 2. The quantitative estimate of drug-likeness (QED) is 0.927. The van der Waals surface area contributed by atoms with Crippen molar-refractivity contribution in [2.45, 2.75) is 0 Å². The molecule has 0 unspecified atom stereocenters. The largest absolute Gasteiger partial charge is 0.476 e. The van der Waals surface area contributed by atoms with E-state index in [1.807, 2.05) is 0 Å². The predicted octanol–water partition coefficient (Wildman–Crippen LogP) is 2.99. The zero-order valence-corrected chi connectivity index (χ0v) is 10.2. The molecule has 16 heavy (non-hydrogen) atoms. The van der Waals surface area contributed by atoms with E-state index in [1.165, 1.54) is 10.7 Å². The monoisotopic (exact) mass is 300 g/mol. The lowest BCUT2D eigenvalue weighted by Gasteiger charge is -2.02. The van der Waals surface area contributed by atoms with Crippen molar-refractivity contribution in [3.8, 4) is 5.69 Å². The Bertz CT molecular complexity index is 554. The number of benzene rings is 1. The zero-order chi connectivity index (χ0) is 11.7. The average molecular weight is 302 g/mol. The molecule has 0 saturated heterocycles. The lowest BCUT2D eigenvalue weighted by atomic mass is 10.3. The van der Waals surface area contributed by atoms with Gasteiger partial charge < -0.3 is 5.11 Å². The van der Waals surface area contributed by atoms with Gasteiger partial charge in [-0.25, -0.2) is 9.48 Å². The van der Waals surface area contributed by atoms with E-state index < -0.39 is 5.97 Å². The van der Waals surface area contributed by atoms with Crippen LogP contribution in [-0.2, 0) is 0 Å². The molecule has 1 aromatic heterocycles. The Labute approximate surface area is 105 Å². The summed E-state index contributed by atoms with van der Waals surface area (Å²) in [6, 6.07) is 6.67. The van der Waals surface area contributed by atoms with Crippen molar-refractivity contribution in [1.29, 1.82) is 0 Å². The van der Waals surface area contributed by atoms with Crippen LogP contribution in [0.15, 0.2) is 34.9 Å². The summed E-state index contributed by atoms with van der Waals surface area (Å²) in [6.45, 7) is 0. The Hall–Kier alpha value is -1.33. The third kappa shape index (κ3) is 2.10. The highest BCUT2D eigenvalue weighted by Gasteiger charge is 2.08. The smallest absolute Gasteiger partial charge is 0.356 e. The summed E-state index contributed by atoms with van der Waals surface area (Å²) in [7, 11) is 0. The lowest BCUT2D eigenvalue weighted by Crippen LogP contribution is -2.00. The Balaban J connectivity index is 2.42. The molecule has 1 heterocycles. The van der Waals surface area contributed by atoms with Gasteiger partial charge in [0.2, 0.25) is 0 Å². The number of rotatable bonds is 2. The summed E-state index contributed by atoms with van der Waals surface area (Å²) in [5.41, 5.74) is 0.745. The summed E-state index contributed by atoms with van der Waals surface area (Å²) in [4.78, 5) is 10.7. The van der Waals surface area contributed by atoms with Gasteiger partial charge in [0.15, 0.2) is 5.69 Å². The molecule has 0 aliphatic rings. The molecule has 0 radical (unpaired) electrons. The van der Waals surface area contributed by atoms with Gasteiger partial charge in [0.05, 0.1) is 10.7 Å². The van der Waals surface area contributed by atoms with E-state index in [1.54, 1.807) is 24.4 Å². The topological polar surface area (TPSA) is 55.1 Å². The number of aromatic carboxylic acids is 1. The second-order valence-corrected chi connectivity index (χ2v) is 4.31. The number of carbonyl (C=O) groups is 1. The standard InChI is InChI=1S/C10H6BrClN2O2/c11-7-5-6(1-2-8(7)12)14-4-3-9(13-14)10(15)16/h1-5H,(H,15,16). The second kappa shape index (κ2) is 4.27. The Morgan fingerprint density at radius 1 is 1.44 bits per heavy atom. The Morgan fingerprint density at radius 3 is 2.75 bits per heavy atom. The molecule has 0 spiro atoms. The summed E-state index contributed by atoms with van der Waals surface area (Å²) in [5, 5.41) is 13.2. The lowest BCUT2D eigenvalue weighted by molar-refractivity contribution is 0.0690. The zero-order valence-electron chi connectivity index (χ0n) is 7.89.